The number of benzene rings is 2. The van der Waals surface area contributed by atoms with E-state index in [1.165, 1.54) is 0 Å². The molecule has 0 unspecified atom stereocenters. The fourth-order valence-electron chi connectivity index (χ4n) is 2.06. The Morgan fingerprint density at radius 1 is 0.958 bits per heavy atom. The highest BCUT2D eigenvalue weighted by Crippen LogP contribution is 2.16. The Bertz CT molecular complexity index is 630. The zero-order valence-corrected chi connectivity index (χ0v) is 15.1. The maximum atomic E-state index is 5.71. The van der Waals surface area contributed by atoms with Crippen LogP contribution in [0.1, 0.15) is 20.8 Å². The maximum absolute atomic E-state index is 5.71. The van der Waals surface area contributed by atoms with E-state index in [1.54, 1.807) is 0 Å². The minimum absolute atomic E-state index is 0.0914. The van der Waals surface area contributed by atoms with Gasteiger partial charge in [0, 0.05) is 5.69 Å². The monoisotopic (exact) mass is 344 g/mol. The van der Waals surface area contributed by atoms with Gasteiger partial charge in [0.1, 0.15) is 18.1 Å². The Balaban J connectivity index is 1.75. The minimum atomic E-state index is 0.0914. The second kappa shape index (κ2) is 9.13. The van der Waals surface area contributed by atoms with Crippen LogP contribution in [-0.4, -0.2) is 23.9 Å². The first kappa shape index (κ1) is 18.1. The lowest BCUT2D eigenvalue weighted by Crippen LogP contribution is -2.39. The summed E-state index contributed by atoms with van der Waals surface area (Å²) in [5, 5.41) is 6.94. The predicted octanol–water partition coefficient (Wildman–Crippen LogP) is 4.23. The van der Waals surface area contributed by atoms with Crippen LogP contribution in [0.4, 0.5) is 5.69 Å². The van der Waals surface area contributed by atoms with Crippen LogP contribution in [0.25, 0.3) is 0 Å². The largest absolute Gasteiger partial charge is 0.491 e. The highest BCUT2D eigenvalue weighted by Gasteiger charge is 2.06. The van der Waals surface area contributed by atoms with Gasteiger partial charge in [-0.15, -0.1) is 0 Å². The summed E-state index contributed by atoms with van der Waals surface area (Å²) in [6, 6.07) is 17.6. The van der Waals surface area contributed by atoms with Crippen molar-refractivity contribution in [3.8, 4) is 11.5 Å². The molecule has 5 heteroatoms. The molecule has 2 aromatic rings. The van der Waals surface area contributed by atoms with Crippen LogP contribution < -0.4 is 20.1 Å². The average molecular weight is 344 g/mol. The third kappa shape index (κ3) is 6.46. The zero-order valence-electron chi connectivity index (χ0n) is 14.3. The molecule has 2 N–H and O–H groups in total. The van der Waals surface area contributed by atoms with Gasteiger partial charge in [0.05, 0.1) is 12.1 Å². The van der Waals surface area contributed by atoms with E-state index >= 15 is 0 Å². The van der Waals surface area contributed by atoms with E-state index in [1.807, 2.05) is 75.4 Å². The molecule has 0 aromatic heterocycles. The van der Waals surface area contributed by atoms with E-state index in [4.69, 9.17) is 21.7 Å². The van der Waals surface area contributed by atoms with Crippen molar-refractivity contribution in [3.63, 3.8) is 0 Å². The van der Waals surface area contributed by atoms with Gasteiger partial charge in [-0.25, -0.2) is 0 Å². The number of nitrogens with one attached hydrogen (secondary N) is 2. The van der Waals surface area contributed by atoms with Crippen molar-refractivity contribution in [2.24, 2.45) is 0 Å². The summed E-state index contributed by atoms with van der Waals surface area (Å²) in [4.78, 5) is 0. The van der Waals surface area contributed by atoms with Crippen LogP contribution in [0.3, 0.4) is 0 Å². The smallest absolute Gasteiger partial charge is 0.171 e. The lowest BCUT2D eigenvalue weighted by Gasteiger charge is -2.18. The zero-order chi connectivity index (χ0) is 17.4. The molecule has 0 aliphatic rings. The Morgan fingerprint density at radius 3 is 2.25 bits per heavy atom. The van der Waals surface area contributed by atoms with Crippen molar-refractivity contribution in [3.05, 3.63) is 54.6 Å². The molecule has 0 amide bonds. The number of hydrogen-bond acceptors (Lipinski definition) is 3. The van der Waals surface area contributed by atoms with Crippen LogP contribution in [0.5, 0.6) is 11.5 Å². The van der Waals surface area contributed by atoms with Gasteiger partial charge >= 0.3 is 0 Å². The van der Waals surface area contributed by atoms with Crippen molar-refractivity contribution in [1.29, 1.82) is 0 Å². The van der Waals surface area contributed by atoms with Gasteiger partial charge in [0.2, 0.25) is 0 Å². The Hall–Kier alpha value is -2.27. The molecular weight excluding hydrogens is 320 g/mol. The third-order valence-corrected chi connectivity index (χ3v) is 3.32. The molecule has 24 heavy (non-hydrogen) atoms. The number of para-hydroxylation sites is 1. The lowest BCUT2D eigenvalue weighted by molar-refractivity contribution is 0.242. The first-order valence-electron chi connectivity index (χ1n) is 8.05. The topological polar surface area (TPSA) is 42.5 Å². The fraction of sp³-hybridized carbons (Fsp3) is 0.316. The highest BCUT2D eigenvalue weighted by atomic mass is 32.1. The van der Waals surface area contributed by atoms with Crippen molar-refractivity contribution >= 4 is 23.0 Å². The van der Waals surface area contributed by atoms with Gasteiger partial charge in [0.15, 0.2) is 5.11 Å². The number of anilines is 1. The van der Waals surface area contributed by atoms with Gasteiger partial charge in [0.25, 0.3) is 0 Å². The standard InChI is InChI=1S/C19H24N2O2S/c1-14(2)23-18-11-9-16(10-12-18)21-19(24)20-15(3)13-22-17-7-5-4-6-8-17/h4-12,14-15H,13H2,1-3H3,(H2,20,21,24)/t15-/m0/s1. The second-order valence-electron chi connectivity index (χ2n) is 5.81. The van der Waals surface area contributed by atoms with Crippen LogP contribution in [0.2, 0.25) is 0 Å². The Kier molecular flexibility index (Phi) is 6.88. The van der Waals surface area contributed by atoms with E-state index in [0.717, 1.165) is 17.2 Å². The Labute approximate surface area is 149 Å². The number of hydrogen-bond donors (Lipinski definition) is 2. The fourth-order valence-corrected chi connectivity index (χ4v) is 2.38. The second-order valence-corrected chi connectivity index (χ2v) is 6.22. The molecule has 0 aliphatic heterocycles. The molecule has 2 rings (SSSR count). The summed E-state index contributed by atoms with van der Waals surface area (Å²) in [5.74, 6) is 1.70. The summed E-state index contributed by atoms with van der Waals surface area (Å²) in [6.07, 6.45) is 0.164. The van der Waals surface area contributed by atoms with E-state index in [-0.39, 0.29) is 12.1 Å². The van der Waals surface area contributed by atoms with Crippen LogP contribution in [0.15, 0.2) is 54.6 Å². The normalized spacial score (nSPS) is 11.7. The summed E-state index contributed by atoms with van der Waals surface area (Å²) in [7, 11) is 0. The van der Waals surface area contributed by atoms with Gasteiger partial charge in [-0.2, -0.15) is 0 Å². The quantitative estimate of drug-likeness (QED) is 0.736. The summed E-state index contributed by atoms with van der Waals surface area (Å²) < 4.78 is 11.3. The molecule has 4 nitrogen and oxygen atoms in total. The summed E-state index contributed by atoms with van der Waals surface area (Å²) in [5.41, 5.74) is 0.916. The van der Waals surface area contributed by atoms with Crippen molar-refractivity contribution in [2.45, 2.75) is 32.9 Å². The van der Waals surface area contributed by atoms with Gasteiger partial charge in [-0.3, -0.25) is 0 Å². The van der Waals surface area contributed by atoms with Gasteiger partial charge in [-0.05, 0) is 69.4 Å². The molecule has 0 heterocycles. The number of ether oxygens (including phenoxy) is 2. The molecule has 0 bridgehead atoms. The SMILES string of the molecule is CC(C)Oc1ccc(NC(=S)N[C@@H](C)COc2ccccc2)cc1. The molecule has 0 spiro atoms. The number of rotatable bonds is 7. The average Bonchev–Trinajstić information content (AvgIpc) is 2.55. The predicted molar refractivity (Wildman–Crippen MR) is 103 cm³/mol. The Morgan fingerprint density at radius 2 is 1.62 bits per heavy atom. The molecular formula is C19H24N2O2S. The lowest BCUT2D eigenvalue weighted by atomic mass is 10.3. The highest BCUT2D eigenvalue weighted by molar-refractivity contribution is 7.80. The van der Waals surface area contributed by atoms with Crippen molar-refractivity contribution in [2.75, 3.05) is 11.9 Å². The molecule has 0 aliphatic carbocycles. The molecule has 128 valence electrons. The first-order valence-corrected chi connectivity index (χ1v) is 8.46. The van der Waals surface area contributed by atoms with Crippen LogP contribution >= 0.6 is 12.2 Å². The van der Waals surface area contributed by atoms with Gasteiger partial charge in [-0.1, -0.05) is 18.2 Å². The van der Waals surface area contributed by atoms with Gasteiger partial charge < -0.3 is 20.1 Å². The van der Waals surface area contributed by atoms with E-state index < -0.39 is 0 Å². The van der Waals surface area contributed by atoms with Crippen molar-refractivity contribution in [1.82, 2.24) is 5.32 Å². The molecule has 0 radical (unpaired) electrons. The number of thiocarbonyl (C=S) groups is 1. The molecule has 0 saturated heterocycles. The minimum Gasteiger partial charge on any atom is -0.491 e. The van der Waals surface area contributed by atoms with E-state index in [2.05, 4.69) is 10.6 Å². The molecule has 0 fully saturated rings. The summed E-state index contributed by atoms with van der Waals surface area (Å²) in [6.45, 7) is 6.57. The summed E-state index contributed by atoms with van der Waals surface area (Å²) >= 11 is 5.34. The third-order valence-electron chi connectivity index (χ3n) is 3.10. The van der Waals surface area contributed by atoms with E-state index in [0.29, 0.717) is 11.7 Å². The van der Waals surface area contributed by atoms with E-state index in [9.17, 15) is 0 Å². The maximum Gasteiger partial charge on any atom is 0.171 e. The first-order chi connectivity index (χ1) is 11.5. The molecule has 0 saturated carbocycles. The van der Waals surface area contributed by atoms with Crippen molar-refractivity contribution < 1.29 is 9.47 Å². The van der Waals surface area contributed by atoms with Crippen LogP contribution in [0, 0.1) is 0 Å². The molecule has 2 aromatic carbocycles. The van der Waals surface area contributed by atoms with Crippen LogP contribution in [-0.2, 0) is 0 Å². The molecule has 1 atom stereocenters.